The molecule has 1 amide bonds. The number of rotatable bonds is 12. The monoisotopic (exact) mass is 500 g/mol. The molecule has 0 atom stereocenters. The molecule has 0 radical (unpaired) electrons. The lowest BCUT2D eigenvalue weighted by atomic mass is 10.0. The zero-order valence-electron chi connectivity index (χ0n) is 20.9. The van der Waals surface area contributed by atoms with Gasteiger partial charge < -0.3 is 20.3 Å². The largest absolute Gasteiger partial charge is 0.371 e. The molecule has 3 rings (SSSR count). The zero-order chi connectivity index (χ0) is 24.3. The Morgan fingerprint density at radius 2 is 1.79 bits per heavy atom. The molecule has 3 N–H and O–H groups in total. The van der Waals surface area contributed by atoms with E-state index in [4.69, 9.17) is 5.73 Å². The number of carbonyl (C=O) groups is 1. The molecule has 0 saturated carbocycles. The summed E-state index contributed by atoms with van der Waals surface area (Å²) in [6, 6.07) is 14.7. The number of thioether (sulfide) groups is 1. The summed E-state index contributed by atoms with van der Waals surface area (Å²) >= 11 is 3.49. The topological polar surface area (TPSA) is 61.6 Å². The molecule has 1 aliphatic rings. The van der Waals surface area contributed by atoms with Crippen molar-refractivity contribution >= 4 is 46.7 Å². The minimum atomic E-state index is -0.0808. The van der Waals surface area contributed by atoms with Gasteiger partial charge in [0, 0.05) is 48.7 Å². The molecule has 34 heavy (non-hydrogen) atoms. The number of nitrogens with zero attached hydrogens (tertiary/aromatic N) is 2. The second-order valence-corrected chi connectivity index (χ2v) is 11.0. The molecule has 0 unspecified atom stereocenters. The van der Waals surface area contributed by atoms with Gasteiger partial charge >= 0.3 is 0 Å². The minimum Gasteiger partial charge on any atom is -0.371 e. The Hall–Kier alpha value is -1.83. The van der Waals surface area contributed by atoms with E-state index in [2.05, 4.69) is 41.4 Å². The van der Waals surface area contributed by atoms with Crippen LogP contribution in [0.5, 0.6) is 0 Å². The Kier molecular flexibility index (Phi) is 10.9. The van der Waals surface area contributed by atoms with Gasteiger partial charge in [-0.1, -0.05) is 44.6 Å². The van der Waals surface area contributed by atoms with Crippen LogP contribution < -0.4 is 20.3 Å². The van der Waals surface area contributed by atoms with E-state index in [1.807, 2.05) is 47.6 Å². The summed E-state index contributed by atoms with van der Waals surface area (Å²) in [6.45, 7) is 4.11. The van der Waals surface area contributed by atoms with Gasteiger partial charge in [-0.2, -0.15) is 0 Å². The first-order valence-electron chi connectivity index (χ1n) is 12.5. The van der Waals surface area contributed by atoms with Crippen molar-refractivity contribution in [2.45, 2.75) is 62.8 Å². The van der Waals surface area contributed by atoms with Gasteiger partial charge in [0.25, 0.3) is 5.91 Å². The van der Waals surface area contributed by atoms with E-state index < -0.39 is 0 Å². The highest BCUT2D eigenvalue weighted by Gasteiger charge is 2.20. The molecule has 1 heterocycles. The van der Waals surface area contributed by atoms with E-state index >= 15 is 0 Å². The lowest BCUT2D eigenvalue weighted by Crippen LogP contribution is -2.39. The molecule has 0 aromatic heterocycles. The van der Waals surface area contributed by atoms with Gasteiger partial charge in [0.2, 0.25) is 0 Å². The maximum atomic E-state index is 13.3. The van der Waals surface area contributed by atoms with E-state index in [1.54, 1.807) is 11.9 Å². The molecule has 1 aliphatic heterocycles. The number of hydrogen-bond donors (Lipinski definition) is 2. The molecule has 1 saturated heterocycles. The molecule has 7 heteroatoms. The van der Waals surface area contributed by atoms with Crippen LogP contribution in [-0.2, 0) is 0 Å². The fraction of sp³-hybridized carbons (Fsp3) is 0.519. The molecule has 2 aromatic rings. The van der Waals surface area contributed by atoms with Crippen LogP contribution in [0.1, 0.15) is 62.2 Å². The normalized spacial score (nSPS) is 14.3. The smallest absolute Gasteiger partial charge is 0.257 e. The van der Waals surface area contributed by atoms with Gasteiger partial charge in [-0.15, -0.1) is 11.8 Å². The first-order chi connectivity index (χ1) is 16.5. The van der Waals surface area contributed by atoms with Crippen LogP contribution in [-0.4, -0.2) is 44.1 Å². The van der Waals surface area contributed by atoms with E-state index in [0.29, 0.717) is 5.56 Å². The van der Waals surface area contributed by atoms with Crippen LogP contribution in [0.4, 0.5) is 17.1 Å². The summed E-state index contributed by atoms with van der Waals surface area (Å²) in [7, 11) is 1.99. The second kappa shape index (κ2) is 13.9. The fourth-order valence-corrected chi connectivity index (χ4v) is 5.43. The van der Waals surface area contributed by atoms with Crippen LogP contribution in [0.25, 0.3) is 0 Å². The van der Waals surface area contributed by atoms with Crippen molar-refractivity contribution in [3.8, 4) is 0 Å². The van der Waals surface area contributed by atoms with Gasteiger partial charge in [0.15, 0.2) is 0 Å². The Morgan fingerprint density at radius 3 is 2.47 bits per heavy atom. The predicted molar refractivity (Wildman–Crippen MR) is 152 cm³/mol. The fourth-order valence-electron chi connectivity index (χ4n) is 4.16. The van der Waals surface area contributed by atoms with Crippen LogP contribution in [0.2, 0.25) is 0 Å². The number of anilines is 3. The highest BCUT2D eigenvalue weighted by Crippen LogP contribution is 2.31. The molecule has 1 fully saturated rings. The van der Waals surface area contributed by atoms with Crippen LogP contribution in [0.15, 0.2) is 47.4 Å². The van der Waals surface area contributed by atoms with Crippen LogP contribution in [0, 0.1) is 0 Å². The number of nitrogens with two attached hydrogens (primary N) is 1. The number of unbranched alkanes of at least 4 members (excludes halogenated alkanes) is 4. The van der Waals surface area contributed by atoms with Gasteiger partial charge in [-0.05, 0) is 67.5 Å². The summed E-state index contributed by atoms with van der Waals surface area (Å²) < 4.78 is 2.03. The van der Waals surface area contributed by atoms with Crippen molar-refractivity contribution in [2.75, 3.05) is 46.7 Å². The number of hydrogen-bond acceptors (Lipinski definition) is 6. The van der Waals surface area contributed by atoms with Crippen molar-refractivity contribution in [1.82, 2.24) is 0 Å². The number of benzene rings is 2. The SMILES string of the molecule is CCCCCCCSc1ccc(NC(=O)c2cc(N3CCC(N)CC3)ccc2N(C)SC)cc1. The third kappa shape index (κ3) is 7.85. The lowest BCUT2D eigenvalue weighted by Gasteiger charge is -2.32. The standard InChI is InChI=1S/C27H40N4OS2/c1-4-5-6-7-8-19-34-24-12-9-22(10-13-24)29-27(32)25-20-23(11-14-26(25)30(2)33-3)31-17-15-21(28)16-18-31/h9-14,20-21H,4-8,15-19,28H2,1-3H3,(H,29,32). The maximum absolute atomic E-state index is 13.3. The number of carbonyl (C=O) groups excluding carboxylic acids is 1. The summed E-state index contributed by atoms with van der Waals surface area (Å²) in [4.78, 5) is 16.9. The Bertz CT molecular complexity index is 898. The van der Waals surface area contributed by atoms with E-state index in [1.165, 1.54) is 37.0 Å². The summed E-state index contributed by atoms with van der Waals surface area (Å²) in [5, 5.41) is 3.11. The first-order valence-corrected chi connectivity index (χ1v) is 14.6. The van der Waals surface area contributed by atoms with Gasteiger partial charge in [0.05, 0.1) is 11.3 Å². The van der Waals surface area contributed by atoms with Gasteiger partial charge in [0.1, 0.15) is 0 Å². The van der Waals surface area contributed by atoms with Crippen molar-refractivity contribution < 1.29 is 4.79 Å². The van der Waals surface area contributed by atoms with E-state index in [-0.39, 0.29) is 11.9 Å². The highest BCUT2D eigenvalue weighted by atomic mass is 32.2. The summed E-state index contributed by atoms with van der Waals surface area (Å²) in [5.41, 5.74) is 9.59. The number of amides is 1. The highest BCUT2D eigenvalue weighted by molar-refractivity contribution is 8.00. The van der Waals surface area contributed by atoms with Gasteiger partial charge in [-0.3, -0.25) is 4.79 Å². The van der Waals surface area contributed by atoms with Crippen molar-refractivity contribution in [1.29, 1.82) is 0 Å². The second-order valence-electron chi connectivity index (χ2n) is 8.95. The van der Waals surface area contributed by atoms with E-state index in [0.717, 1.165) is 48.7 Å². The van der Waals surface area contributed by atoms with E-state index in [9.17, 15) is 4.79 Å². The average molecular weight is 501 g/mol. The Balaban J connectivity index is 1.65. The molecule has 0 bridgehead atoms. The molecule has 0 aliphatic carbocycles. The lowest BCUT2D eigenvalue weighted by molar-refractivity contribution is 0.102. The van der Waals surface area contributed by atoms with Crippen molar-refractivity contribution in [3.63, 3.8) is 0 Å². The first kappa shape index (κ1) is 26.8. The third-order valence-electron chi connectivity index (χ3n) is 6.37. The number of nitrogens with one attached hydrogen (secondary N) is 1. The molecule has 2 aromatic carbocycles. The predicted octanol–water partition coefficient (Wildman–Crippen LogP) is 6.64. The molecular formula is C27H40N4OS2. The summed E-state index contributed by atoms with van der Waals surface area (Å²) in [5.74, 6) is 1.07. The van der Waals surface area contributed by atoms with Crippen molar-refractivity contribution in [2.24, 2.45) is 5.73 Å². The zero-order valence-corrected chi connectivity index (χ0v) is 22.5. The molecular weight excluding hydrogens is 460 g/mol. The maximum Gasteiger partial charge on any atom is 0.257 e. The quantitative estimate of drug-likeness (QED) is 0.193. The van der Waals surface area contributed by atoms with Crippen LogP contribution in [0.3, 0.4) is 0 Å². The third-order valence-corrected chi connectivity index (χ3v) is 8.21. The Morgan fingerprint density at radius 1 is 1.09 bits per heavy atom. The van der Waals surface area contributed by atoms with Crippen molar-refractivity contribution in [3.05, 3.63) is 48.0 Å². The summed E-state index contributed by atoms with van der Waals surface area (Å²) in [6.07, 6.45) is 10.5. The molecule has 0 spiro atoms. The average Bonchev–Trinajstić information content (AvgIpc) is 2.86. The number of piperidine rings is 1. The Labute approximate surface area is 214 Å². The van der Waals surface area contributed by atoms with Crippen LogP contribution >= 0.6 is 23.7 Å². The van der Waals surface area contributed by atoms with Gasteiger partial charge in [-0.25, -0.2) is 0 Å². The molecule has 5 nitrogen and oxygen atoms in total. The minimum absolute atomic E-state index is 0.0808. The molecule has 186 valence electrons.